The largest absolute Gasteiger partial charge is 0.493 e. The molecule has 10 nitrogen and oxygen atoms in total. The molecule has 5 atom stereocenters. The van der Waals surface area contributed by atoms with Crippen LogP contribution in [-0.2, 0) is 28.6 Å². The highest BCUT2D eigenvalue weighted by molar-refractivity contribution is 5.88. The number of aliphatic hydroxyl groups is 1. The van der Waals surface area contributed by atoms with E-state index >= 15 is 0 Å². The van der Waals surface area contributed by atoms with Gasteiger partial charge >= 0.3 is 17.9 Å². The molecule has 1 unspecified atom stereocenters. The number of ether oxygens (including phenoxy) is 6. The van der Waals surface area contributed by atoms with Gasteiger partial charge in [-0.2, -0.15) is 0 Å². The highest BCUT2D eigenvalue weighted by Crippen LogP contribution is 2.44. The minimum Gasteiger partial charge on any atom is -0.493 e. The summed E-state index contributed by atoms with van der Waals surface area (Å²) in [6, 6.07) is 3.20. The second-order valence-corrected chi connectivity index (χ2v) is 8.90. The zero-order valence-electron chi connectivity index (χ0n) is 22.1. The predicted octanol–water partition coefficient (Wildman–Crippen LogP) is 3.63. The molecule has 1 aromatic carbocycles. The third kappa shape index (κ3) is 6.48. The molecule has 0 fully saturated rings. The Labute approximate surface area is 211 Å². The molecule has 1 heterocycles. The summed E-state index contributed by atoms with van der Waals surface area (Å²) < 4.78 is 32.8. The van der Waals surface area contributed by atoms with Crippen molar-refractivity contribution < 1.29 is 47.9 Å². The van der Waals surface area contributed by atoms with Gasteiger partial charge in [-0.1, -0.05) is 19.9 Å². The number of carbonyl (C=O) groups is 3. The van der Waals surface area contributed by atoms with Gasteiger partial charge in [0.15, 0.2) is 23.2 Å². The standard InChI is InChI=1S/C26H36O10/c1-9-14(3)23(27)35-17(6)26(7,30)25(29)34-16(5)21(36-24(28)15(4)10-2)18-11-19(31-8)22-20(12-18)32-13-33-22/h10-12,14,16-17,21,30H,9,13H2,1-8H3/b15-10-/t14?,16-,17-,21-,26+/m0/s1. The summed E-state index contributed by atoms with van der Waals surface area (Å²) >= 11 is 0. The molecule has 0 aliphatic carbocycles. The number of benzene rings is 1. The highest BCUT2D eigenvalue weighted by atomic mass is 16.7. The van der Waals surface area contributed by atoms with Gasteiger partial charge in [-0.25, -0.2) is 9.59 Å². The van der Waals surface area contributed by atoms with Crippen molar-refractivity contribution >= 4 is 17.9 Å². The van der Waals surface area contributed by atoms with E-state index in [1.807, 2.05) is 6.92 Å². The lowest BCUT2D eigenvalue weighted by Gasteiger charge is -2.31. The van der Waals surface area contributed by atoms with Gasteiger partial charge in [0.2, 0.25) is 12.5 Å². The van der Waals surface area contributed by atoms with Gasteiger partial charge in [-0.3, -0.25) is 4.79 Å². The smallest absolute Gasteiger partial charge is 0.342 e. The van der Waals surface area contributed by atoms with Crippen LogP contribution in [0.1, 0.15) is 66.6 Å². The number of esters is 3. The van der Waals surface area contributed by atoms with Crippen LogP contribution in [-0.4, -0.2) is 54.7 Å². The van der Waals surface area contributed by atoms with Crippen molar-refractivity contribution in [2.75, 3.05) is 13.9 Å². The van der Waals surface area contributed by atoms with E-state index in [9.17, 15) is 19.5 Å². The van der Waals surface area contributed by atoms with E-state index in [4.69, 9.17) is 28.4 Å². The van der Waals surface area contributed by atoms with Gasteiger partial charge in [0.1, 0.15) is 12.2 Å². The average Bonchev–Trinajstić information content (AvgIpc) is 3.33. The lowest BCUT2D eigenvalue weighted by molar-refractivity contribution is -0.194. The Bertz CT molecular complexity index is 997. The van der Waals surface area contributed by atoms with Gasteiger partial charge < -0.3 is 33.5 Å². The van der Waals surface area contributed by atoms with Gasteiger partial charge in [-0.15, -0.1) is 0 Å². The molecule has 2 rings (SSSR count). The summed E-state index contributed by atoms with van der Waals surface area (Å²) in [6.45, 7) is 10.9. The predicted molar refractivity (Wildman–Crippen MR) is 129 cm³/mol. The highest BCUT2D eigenvalue weighted by Gasteiger charge is 2.43. The van der Waals surface area contributed by atoms with Crippen molar-refractivity contribution in [3.8, 4) is 17.2 Å². The average molecular weight is 509 g/mol. The molecule has 0 saturated heterocycles. The molecule has 1 aliphatic rings. The van der Waals surface area contributed by atoms with E-state index in [1.54, 1.807) is 39.0 Å². The Morgan fingerprint density at radius 3 is 2.39 bits per heavy atom. The second kappa shape index (κ2) is 12.1. The van der Waals surface area contributed by atoms with E-state index < -0.39 is 47.7 Å². The Hall–Kier alpha value is -3.27. The first kappa shape index (κ1) is 29.0. The minimum absolute atomic E-state index is 0.00204. The minimum atomic E-state index is -2.16. The maximum absolute atomic E-state index is 13.0. The van der Waals surface area contributed by atoms with Crippen molar-refractivity contribution in [2.24, 2.45) is 5.92 Å². The second-order valence-electron chi connectivity index (χ2n) is 8.90. The van der Waals surface area contributed by atoms with E-state index in [1.165, 1.54) is 27.9 Å². The molecule has 0 saturated carbocycles. The molecule has 1 N–H and O–H groups in total. The fraction of sp³-hybridized carbons (Fsp3) is 0.577. The summed E-state index contributed by atoms with van der Waals surface area (Å²) in [6.07, 6.45) is -1.19. The van der Waals surface area contributed by atoms with Gasteiger partial charge in [0.25, 0.3) is 0 Å². The maximum atomic E-state index is 13.0. The number of allylic oxidation sites excluding steroid dienone is 1. The lowest BCUT2D eigenvalue weighted by Crippen LogP contribution is -2.50. The molecule has 0 radical (unpaired) electrons. The lowest BCUT2D eigenvalue weighted by atomic mass is 9.99. The van der Waals surface area contributed by atoms with Crippen molar-refractivity contribution in [2.45, 2.75) is 78.8 Å². The van der Waals surface area contributed by atoms with Crippen LogP contribution in [0.5, 0.6) is 17.2 Å². The summed E-state index contributed by atoms with van der Waals surface area (Å²) in [7, 11) is 1.45. The number of hydrogen-bond donors (Lipinski definition) is 1. The van der Waals surface area contributed by atoms with E-state index in [0.717, 1.165) is 0 Å². The zero-order valence-corrected chi connectivity index (χ0v) is 22.1. The van der Waals surface area contributed by atoms with Crippen LogP contribution in [0.4, 0.5) is 0 Å². The SMILES string of the molecule is C/C=C(/C)C(=O)O[C@H](c1cc(OC)c2c(c1)OCO2)[C@H](C)OC(=O)[C@](C)(O)[C@H](C)OC(=O)C(C)CC. The number of carbonyl (C=O) groups excluding carboxylic acids is 3. The quantitative estimate of drug-likeness (QED) is 0.269. The molecule has 10 heteroatoms. The maximum Gasteiger partial charge on any atom is 0.342 e. The first-order chi connectivity index (χ1) is 16.9. The van der Waals surface area contributed by atoms with Crippen LogP contribution in [0.25, 0.3) is 0 Å². The Morgan fingerprint density at radius 2 is 1.81 bits per heavy atom. The number of rotatable bonds is 11. The molecule has 0 aromatic heterocycles. The van der Waals surface area contributed by atoms with Crippen molar-refractivity contribution in [1.82, 2.24) is 0 Å². The van der Waals surface area contributed by atoms with E-state index in [2.05, 4.69) is 0 Å². The van der Waals surface area contributed by atoms with Crippen LogP contribution in [0.2, 0.25) is 0 Å². The molecule has 1 aromatic rings. The molecule has 36 heavy (non-hydrogen) atoms. The van der Waals surface area contributed by atoms with Crippen LogP contribution >= 0.6 is 0 Å². The topological polar surface area (TPSA) is 127 Å². The molecule has 1 aliphatic heterocycles. The van der Waals surface area contributed by atoms with Crippen LogP contribution in [0.15, 0.2) is 23.8 Å². The third-order valence-electron chi connectivity index (χ3n) is 6.23. The van der Waals surface area contributed by atoms with Crippen LogP contribution < -0.4 is 14.2 Å². The fourth-order valence-corrected chi connectivity index (χ4v) is 3.16. The molecule has 200 valence electrons. The van der Waals surface area contributed by atoms with Gasteiger partial charge in [-0.05, 0) is 53.2 Å². The summed E-state index contributed by atoms with van der Waals surface area (Å²) in [5, 5.41) is 10.8. The third-order valence-corrected chi connectivity index (χ3v) is 6.23. The first-order valence-electron chi connectivity index (χ1n) is 11.8. The van der Waals surface area contributed by atoms with Crippen molar-refractivity contribution in [3.63, 3.8) is 0 Å². The molecule has 0 spiro atoms. The van der Waals surface area contributed by atoms with Crippen molar-refractivity contribution in [3.05, 3.63) is 29.3 Å². The molecular formula is C26H36O10. The monoisotopic (exact) mass is 508 g/mol. The normalized spacial score (nSPS) is 17.8. The molecule has 0 amide bonds. The summed E-state index contributed by atoms with van der Waals surface area (Å²) in [5.41, 5.74) is -1.38. The number of methoxy groups -OCH3 is 1. The fourth-order valence-electron chi connectivity index (χ4n) is 3.16. The summed E-state index contributed by atoms with van der Waals surface area (Å²) in [4.78, 5) is 37.8. The Morgan fingerprint density at radius 1 is 1.14 bits per heavy atom. The number of fused-ring (bicyclic) bond motifs is 1. The first-order valence-corrected chi connectivity index (χ1v) is 11.8. The zero-order chi connectivity index (χ0) is 27.2. The molecular weight excluding hydrogens is 472 g/mol. The van der Waals surface area contributed by atoms with Gasteiger partial charge in [0, 0.05) is 11.1 Å². The Kier molecular flexibility index (Phi) is 9.75. The number of hydrogen-bond acceptors (Lipinski definition) is 10. The Balaban J connectivity index is 2.32. The van der Waals surface area contributed by atoms with E-state index in [-0.39, 0.29) is 6.79 Å². The van der Waals surface area contributed by atoms with Gasteiger partial charge in [0.05, 0.1) is 13.0 Å². The van der Waals surface area contributed by atoms with Crippen LogP contribution in [0.3, 0.4) is 0 Å². The van der Waals surface area contributed by atoms with Crippen LogP contribution in [0, 0.1) is 5.92 Å². The van der Waals surface area contributed by atoms with E-state index in [0.29, 0.717) is 34.8 Å². The van der Waals surface area contributed by atoms with Crippen molar-refractivity contribution in [1.29, 1.82) is 0 Å². The molecule has 0 bridgehead atoms. The summed E-state index contributed by atoms with van der Waals surface area (Å²) in [5.74, 6) is -1.46.